The first-order valence-corrected chi connectivity index (χ1v) is 9.48. The molecule has 1 nitrogen and oxygen atoms in total. The molecular formula is C20H32O. The van der Waals surface area contributed by atoms with Crippen LogP contribution in [0.5, 0.6) is 0 Å². The largest absolute Gasteiger partial charge is 0.299 e. The van der Waals surface area contributed by atoms with Crippen molar-refractivity contribution in [1.82, 2.24) is 0 Å². The molecule has 0 bridgehead atoms. The van der Waals surface area contributed by atoms with Crippen LogP contribution in [0.2, 0.25) is 0 Å². The summed E-state index contributed by atoms with van der Waals surface area (Å²) in [5.41, 5.74) is 0.977. The van der Waals surface area contributed by atoms with Gasteiger partial charge in [0.25, 0.3) is 0 Å². The Bertz CT molecular complexity index is 455. The van der Waals surface area contributed by atoms with Crippen LogP contribution in [0.4, 0.5) is 0 Å². The van der Waals surface area contributed by atoms with E-state index >= 15 is 0 Å². The number of ketones is 1. The van der Waals surface area contributed by atoms with Gasteiger partial charge in [0.05, 0.1) is 0 Å². The minimum Gasteiger partial charge on any atom is -0.299 e. The molecule has 4 fully saturated rings. The van der Waals surface area contributed by atoms with Crippen LogP contribution in [0.1, 0.15) is 78.6 Å². The molecule has 0 saturated heterocycles. The van der Waals surface area contributed by atoms with Gasteiger partial charge in [-0.15, -0.1) is 0 Å². The molecule has 4 saturated carbocycles. The molecule has 118 valence electrons. The van der Waals surface area contributed by atoms with Gasteiger partial charge < -0.3 is 0 Å². The van der Waals surface area contributed by atoms with Crippen molar-refractivity contribution in [3.63, 3.8) is 0 Å². The average molecular weight is 288 g/mol. The Morgan fingerprint density at radius 2 is 1.76 bits per heavy atom. The van der Waals surface area contributed by atoms with Crippen molar-refractivity contribution in [1.29, 1.82) is 0 Å². The summed E-state index contributed by atoms with van der Waals surface area (Å²) < 4.78 is 0. The second-order valence-electron chi connectivity index (χ2n) is 9.46. The molecule has 0 aromatic heterocycles. The maximum absolute atomic E-state index is 12.5. The minimum absolute atomic E-state index is 0.349. The Labute approximate surface area is 130 Å². The van der Waals surface area contributed by atoms with Crippen molar-refractivity contribution in [2.45, 2.75) is 78.6 Å². The highest BCUT2D eigenvalue weighted by Crippen LogP contribution is 2.66. The van der Waals surface area contributed by atoms with E-state index in [2.05, 4.69) is 20.8 Å². The number of rotatable bonds is 0. The van der Waals surface area contributed by atoms with Gasteiger partial charge in [0.2, 0.25) is 0 Å². The van der Waals surface area contributed by atoms with Crippen LogP contribution in [0.15, 0.2) is 0 Å². The van der Waals surface area contributed by atoms with E-state index < -0.39 is 0 Å². The molecule has 4 rings (SSSR count). The van der Waals surface area contributed by atoms with Crippen LogP contribution in [-0.2, 0) is 4.79 Å². The fourth-order valence-corrected chi connectivity index (χ4v) is 7.62. The third kappa shape index (κ3) is 1.85. The van der Waals surface area contributed by atoms with E-state index in [1.807, 2.05) is 0 Å². The number of fused-ring (bicyclic) bond motifs is 5. The molecule has 1 heteroatoms. The summed E-state index contributed by atoms with van der Waals surface area (Å²) in [6, 6.07) is 0. The molecule has 0 amide bonds. The molecular weight excluding hydrogens is 256 g/mol. The van der Waals surface area contributed by atoms with Gasteiger partial charge in [0.1, 0.15) is 5.78 Å². The molecule has 0 N–H and O–H groups in total. The van der Waals surface area contributed by atoms with Gasteiger partial charge in [-0.25, -0.2) is 0 Å². The number of carbonyl (C=O) groups excluding carboxylic acids is 1. The first-order chi connectivity index (χ1) is 9.96. The smallest absolute Gasteiger partial charge is 0.136 e. The van der Waals surface area contributed by atoms with Crippen molar-refractivity contribution < 1.29 is 4.79 Å². The number of hydrogen-bond acceptors (Lipinski definition) is 1. The van der Waals surface area contributed by atoms with Crippen molar-refractivity contribution in [3.05, 3.63) is 0 Å². The molecule has 0 spiro atoms. The molecule has 21 heavy (non-hydrogen) atoms. The molecule has 0 heterocycles. The molecule has 7 atom stereocenters. The lowest BCUT2D eigenvalue weighted by atomic mass is 9.44. The van der Waals surface area contributed by atoms with Crippen molar-refractivity contribution >= 4 is 5.78 Å². The third-order valence-electron chi connectivity index (χ3n) is 8.55. The Balaban J connectivity index is 1.68. The molecule has 0 aromatic rings. The number of carbonyl (C=O) groups is 1. The lowest BCUT2D eigenvalue weighted by molar-refractivity contribution is -0.148. The summed E-state index contributed by atoms with van der Waals surface area (Å²) >= 11 is 0. The molecule has 4 aliphatic carbocycles. The summed E-state index contributed by atoms with van der Waals surface area (Å²) in [7, 11) is 0. The monoisotopic (exact) mass is 288 g/mol. The van der Waals surface area contributed by atoms with Gasteiger partial charge in [0.15, 0.2) is 0 Å². The topological polar surface area (TPSA) is 17.1 Å². The van der Waals surface area contributed by atoms with Gasteiger partial charge in [-0.05, 0) is 85.9 Å². The van der Waals surface area contributed by atoms with Gasteiger partial charge in [-0.3, -0.25) is 4.79 Å². The van der Waals surface area contributed by atoms with Crippen molar-refractivity contribution in [2.24, 2.45) is 40.4 Å². The highest BCUT2D eigenvalue weighted by molar-refractivity contribution is 5.82. The second-order valence-corrected chi connectivity index (χ2v) is 9.46. The van der Waals surface area contributed by atoms with Crippen LogP contribution in [-0.4, -0.2) is 5.78 Å². The van der Waals surface area contributed by atoms with Crippen LogP contribution < -0.4 is 0 Å². The maximum atomic E-state index is 12.5. The summed E-state index contributed by atoms with van der Waals surface area (Å²) in [4.78, 5) is 12.5. The normalized spacial score (nSPS) is 56.5. The van der Waals surface area contributed by atoms with E-state index in [4.69, 9.17) is 0 Å². The number of Topliss-reactive ketones (excluding diaryl/α,β-unsaturated/α-hetero) is 1. The first kappa shape index (κ1) is 14.3. The van der Waals surface area contributed by atoms with Gasteiger partial charge in [0, 0.05) is 12.3 Å². The Morgan fingerprint density at radius 3 is 2.57 bits per heavy atom. The average Bonchev–Trinajstić information content (AvgIpc) is 2.74. The lowest BCUT2D eigenvalue weighted by Crippen LogP contribution is -2.54. The summed E-state index contributed by atoms with van der Waals surface area (Å²) in [6.45, 7) is 7.59. The molecule has 0 aliphatic heterocycles. The quantitative estimate of drug-likeness (QED) is 0.596. The zero-order valence-corrected chi connectivity index (χ0v) is 14.2. The molecule has 4 aliphatic rings. The summed E-state index contributed by atoms with van der Waals surface area (Å²) in [5, 5.41) is 0. The highest BCUT2D eigenvalue weighted by atomic mass is 16.1. The van der Waals surface area contributed by atoms with Crippen LogP contribution in [0.3, 0.4) is 0 Å². The van der Waals surface area contributed by atoms with Crippen LogP contribution in [0.25, 0.3) is 0 Å². The van der Waals surface area contributed by atoms with Crippen molar-refractivity contribution in [3.8, 4) is 0 Å². The fraction of sp³-hybridized carbons (Fsp3) is 0.950. The second kappa shape index (κ2) is 4.59. The van der Waals surface area contributed by atoms with E-state index in [0.29, 0.717) is 22.5 Å². The fourth-order valence-electron chi connectivity index (χ4n) is 7.62. The standard InChI is InChI=1S/C20H32O/c1-13-8-11-19(2)12-9-15-14(18(13)19)6-7-16-17(21)5-4-10-20(15,16)3/h13-16,18H,4-12H2,1-3H3/t13?,14-,15+,16+,18+,19+,20-/m1/s1. The maximum Gasteiger partial charge on any atom is 0.136 e. The lowest BCUT2D eigenvalue weighted by Gasteiger charge is -2.60. The summed E-state index contributed by atoms with van der Waals surface area (Å²) in [5.74, 6) is 4.66. The minimum atomic E-state index is 0.349. The molecule has 1 unspecified atom stereocenters. The highest BCUT2D eigenvalue weighted by Gasteiger charge is 2.59. The Morgan fingerprint density at radius 1 is 1.00 bits per heavy atom. The van der Waals surface area contributed by atoms with Crippen molar-refractivity contribution in [2.75, 3.05) is 0 Å². The first-order valence-electron chi connectivity index (χ1n) is 9.48. The Hall–Kier alpha value is -0.330. The van der Waals surface area contributed by atoms with E-state index in [9.17, 15) is 4.79 Å². The summed E-state index contributed by atoms with van der Waals surface area (Å²) in [6.07, 6.45) is 11.6. The van der Waals surface area contributed by atoms with Gasteiger partial charge >= 0.3 is 0 Å². The molecule has 0 aromatic carbocycles. The van der Waals surface area contributed by atoms with E-state index in [1.165, 1.54) is 44.9 Å². The van der Waals surface area contributed by atoms with Gasteiger partial charge in [-0.1, -0.05) is 20.8 Å². The van der Waals surface area contributed by atoms with Gasteiger partial charge in [-0.2, -0.15) is 0 Å². The van der Waals surface area contributed by atoms with E-state index in [0.717, 1.165) is 36.5 Å². The van der Waals surface area contributed by atoms with E-state index in [-0.39, 0.29) is 0 Å². The Kier molecular flexibility index (Phi) is 3.12. The third-order valence-corrected chi connectivity index (χ3v) is 8.55. The zero-order chi connectivity index (χ0) is 14.8. The number of hydrogen-bond donors (Lipinski definition) is 0. The predicted molar refractivity (Wildman–Crippen MR) is 85.9 cm³/mol. The molecule has 0 radical (unpaired) electrons. The predicted octanol–water partition coefficient (Wildman–Crippen LogP) is 5.23. The van der Waals surface area contributed by atoms with E-state index in [1.54, 1.807) is 0 Å². The zero-order valence-electron chi connectivity index (χ0n) is 14.2. The SMILES string of the molecule is CC1CC[C@@]2(C)CC[C@H]3[C@@H](CC[C@H]4C(=O)CCC[C@@]43C)[C@H]12. The van der Waals surface area contributed by atoms with Crippen LogP contribution in [0, 0.1) is 40.4 Å². The van der Waals surface area contributed by atoms with Crippen LogP contribution >= 0.6 is 0 Å².